The van der Waals surface area contributed by atoms with E-state index in [2.05, 4.69) is 15.3 Å². The fraction of sp³-hybridized carbons (Fsp3) is 0.385. The van der Waals surface area contributed by atoms with Gasteiger partial charge in [0.05, 0.1) is 19.3 Å². The van der Waals surface area contributed by atoms with Crippen molar-refractivity contribution in [2.45, 2.75) is 26.3 Å². The Balaban J connectivity index is 2.36. The smallest absolute Gasteiger partial charge is 0.360 e. The molecule has 0 radical (unpaired) electrons. The highest BCUT2D eigenvalue weighted by molar-refractivity contribution is 5.88. The van der Waals surface area contributed by atoms with Crippen molar-refractivity contribution in [1.29, 1.82) is 0 Å². The highest BCUT2D eigenvalue weighted by Gasteiger charge is 2.22. The molecule has 0 saturated carbocycles. The minimum Gasteiger partial charge on any atom is -0.464 e. The molecule has 0 spiro atoms. The summed E-state index contributed by atoms with van der Waals surface area (Å²) in [6, 6.07) is 3.81. The van der Waals surface area contributed by atoms with E-state index >= 15 is 0 Å². The Bertz CT molecular complexity index is 563. The topological polar surface area (TPSA) is 69.9 Å². The van der Waals surface area contributed by atoms with Crippen molar-refractivity contribution in [3.63, 3.8) is 0 Å². The number of nitrogens with zero attached hydrogens (tertiary/aromatic N) is 4. The first-order valence-electron chi connectivity index (χ1n) is 6.04. The van der Waals surface area contributed by atoms with Crippen molar-refractivity contribution in [2.24, 2.45) is 0 Å². The maximum absolute atomic E-state index is 11.7. The van der Waals surface area contributed by atoms with Gasteiger partial charge in [-0.3, -0.25) is 4.98 Å². The summed E-state index contributed by atoms with van der Waals surface area (Å²) in [7, 11) is 1.34. The van der Waals surface area contributed by atoms with E-state index in [1.54, 1.807) is 17.1 Å². The number of hydrogen-bond acceptors (Lipinski definition) is 5. The number of pyridine rings is 1. The molecule has 6 nitrogen and oxygen atoms in total. The maximum atomic E-state index is 11.7. The van der Waals surface area contributed by atoms with Gasteiger partial charge in [-0.05, 0) is 23.6 Å². The number of esters is 1. The molecule has 6 heteroatoms. The Labute approximate surface area is 111 Å². The molecule has 0 aliphatic carbocycles. The molecule has 2 heterocycles. The molecule has 0 amide bonds. The number of aromatic nitrogens is 4. The first-order chi connectivity index (χ1) is 9.13. The molecule has 0 aliphatic rings. The van der Waals surface area contributed by atoms with Crippen molar-refractivity contribution >= 4 is 5.97 Å². The molecule has 0 bridgehead atoms. The Morgan fingerprint density at radius 1 is 1.37 bits per heavy atom. The summed E-state index contributed by atoms with van der Waals surface area (Å²) >= 11 is 0. The molecule has 0 saturated heterocycles. The van der Waals surface area contributed by atoms with Gasteiger partial charge < -0.3 is 4.74 Å². The summed E-state index contributed by atoms with van der Waals surface area (Å²) in [6.45, 7) is 4.54. The minimum absolute atomic E-state index is 0.130. The van der Waals surface area contributed by atoms with Crippen LogP contribution in [0.1, 0.15) is 41.5 Å². The average molecular weight is 260 g/mol. The quantitative estimate of drug-likeness (QED) is 0.781. The Kier molecular flexibility index (Phi) is 3.89. The zero-order valence-corrected chi connectivity index (χ0v) is 11.2. The zero-order valence-electron chi connectivity index (χ0n) is 11.2. The average Bonchev–Trinajstić information content (AvgIpc) is 2.83. The van der Waals surface area contributed by atoms with Gasteiger partial charge in [0.2, 0.25) is 0 Å². The highest BCUT2D eigenvalue weighted by Crippen LogP contribution is 2.19. The van der Waals surface area contributed by atoms with Crippen LogP contribution in [-0.4, -0.2) is 33.1 Å². The van der Waals surface area contributed by atoms with Crippen LogP contribution in [-0.2, 0) is 11.3 Å². The zero-order chi connectivity index (χ0) is 13.8. The largest absolute Gasteiger partial charge is 0.464 e. The van der Waals surface area contributed by atoms with Gasteiger partial charge >= 0.3 is 5.97 Å². The monoisotopic (exact) mass is 260 g/mol. The Hall–Kier alpha value is -2.24. The van der Waals surface area contributed by atoms with Crippen LogP contribution in [0, 0.1) is 0 Å². The van der Waals surface area contributed by atoms with E-state index in [1.807, 2.05) is 26.0 Å². The van der Waals surface area contributed by atoms with Gasteiger partial charge in [0.15, 0.2) is 5.69 Å². The van der Waals surface area contributed by atoms with E-state index in [0.717, 1.165) is 11.3 Å². The maximum Gasteiger partial charge on any atom is 0.360 e. The lowest BCUT2D eigenvalue weighted by atomic mass is 10.1. The third kappa shape index (κ3) is 2.78. The molecular formula is C13H16N4O2. The summed E-state index contributed by atoms with van der Waals surface area (Å²) < 4.78 is 6.45. The van der Waals surface area contributed by atoms with Gasteiger partial charge in [-0.2, -0.15) is 0 Å². The first kappa shape index (κ1) is 13.2. The molecule has 2 aromatic rings. The van der Waals surface area contributed by atoms with Crippen molar-refractivity contribution in [3.8, 4) is 0 Å². The van der Waals surface area contributed by atoms with E-state index in [9.17, 15) is 4.79 Å². The molecule has 2 aromatic heterocycles. The van der Waals surface area contributed by atoms with Gasteiger partial charge in [-0.1, -0.05) is 19.1 Å². The van der Waals surface area contributed by atoms with Crippen LogP contribution in [0.2, 0.25) is 0 Å². The predicted molar refractivity (Wildman–Crippen MR) is 68.8 cm³/mol. The molecule has 0 fully saturated rings. The molecule has 2 rings (SSSR count). The SMILES string of the molecule is COC(=O)c1nnn(Cc2ccncc2)c1C(C)C. The second-order valence-electron chi connectivity index (χ2n) is 4.48. The van der Waals surface area contributed by atoms with Gasteiger partial charge in [0.1, 0.15) is 0 Å². The molecule has 0 unspecified atom stereocenters. The first-order valence-corrected chi connectivity index (χ1v) is 6.04. The lowest BCUT2D eigenvalue weighted by Crippen LogP contribution is -2.12. The van der Waals surface area contributed by atoms with Gasteiger partial charge in [-0.15, -0.1) is 5.10 Å². The van der Waals surface area contributed by atoms with Crippen LogP contribution >= 0.6 is 0 Å². The molecule has 0 atom stereocenters. The highest BCUT2D eigenvalue weighted by atomic mass is 16.5. The van der Waals surface area contributed by atoms with Crippen molar-refractivity contribution in [2.75, 3.05) is 7.11 Å². The number of methoxy groups -OCH3 is 1. The Morgan fingerprint density at radius 2 is 2.05 bits per heavy atom. The van der Waals surface area contributed by atoms with Crippen LogP contribution in [0.25, 0.3) is 0 Å². The summed E-state index contributed by atoms with van der Waals surface area (Å²) in [5.41, 5.74) is 2.12. The van der Waals surface area contributed by atoms with E-state index in [1.165, 1.54) is 7.11 Å². The molecule has 0 aromatic carbocycles. The van der Waals surface area contributed by atoms with Crippen molar-refractivity contribution in [1.82, 2.24) is 20.0 Å². The van der Waals surface area contributed by atoms with Crippen LogP contribution < -0.4 is 0 Å². The van der Waals surface area contributed by atoms with Crippen molar-refractivity contribution < 1.29 is 9.53 Å². The third-order valence-electron chi connectivity index (χ3n) is 2.78. The molecule has 0 aliphatic heterocycles. The number of hydrogen-bond donors (Lipinski definition) is 0. The second kappa shape index (κ2) is 5.60. The van der Waals surface area contributed by atoms with Gasteiger partial charge in [0, 0.05) is 12.4 Å². The van der Waals surface area contributed by atoms with E-state index in [4.69, 9.17) is 4.74 Å². The fourth-order valence-electron chi connectivity index (χ4n) is 1.91. The predicted octanol–water partition coefficient (Wildman–Crippen LogP) is 1.63. The lowest BCUT2D eigenvalue weighted by molar-refractivity contribution is 0.0592. The summed E-state index contributed by atoms with van der Waals surface area (Å²) in [6.07, 6.45) is 3.45. The van der Waals surface area contributed by atoms with E-state index in [0.29, 0.717) is 6.54 Å². The van der Waals surface area contributed by atoms with Crippen molar-refractivity contribution in [3.05, 3.63) is 41.5 Å². The third-order valence-corrected chi connectivity index (χ3v) is 2.78. The van der Waals surface area contributed by atoms with Crippen LogP contribution in [0.3, 0.4) is 0 Å². The standard InChI is InChI=1S/C13H16N4O2/c1-9(2)12-11(13(18)19-3)15-16-17(12)8-10-4-6-14-7-5-10/h4-7,9H,8H2,1-3H3. The van der Waals surface area contributed by atoms with Gasteiger partial charge in [0.25, 0.3) is 0 Å². The summed E-state index contributed by atoms with van der Waals surface area (Å²) in [4.78, 5) is 15.6. The number of carbonyl (C=O) groups excluding carboxylic acids is 1. The molecule has 0 N–H and O–H groups in total. The Morgan fingerprint density at radius 3 is 2.63 bits per heavy atom. The van der Waals surface area contributed by atoms with Crippen LogP contribution in [0.5, 0.6) is 0 Å². The van der Waals surface area contributed by atoms with Crippen LogP contribution in [0.4, 0.5) is 0 Å². The summed E-state index contributed by atoms with van der Waals surface area (Å²) in [5, 5.41) is 7.97. The minimum atomic E-state index is -0.454. The fourth-order valence-corrected chi connectivity index (χ4v) is 1.91. The second-order valence-corrected chi connectivity index (χ2v) is 4.48. The number of ether oxygens (including phenoxy) is 1. The van der Waals surface area contributed by atoms with E-state index < -0.39 is 5.97 Å². The molecule has 19 heavy (non-hydrogen) atoms. The van der Waals surface area contributed by atoms with E-state index in [-0.39, 0.29) is 11.6 Å². The number of carbonyl (C=O) groups is 1. The summed E-state index contributed by atoms with van der Waals surface area (Å²) in [5.74, 6) is -0.324. The lowest BCUT2D eigenvalue weighted by Gasteiger charge is -2.10. The van der Waals surface area contributed by atoms with Crippen LogP contribution in [0.15, 0.2) is 24.5 Å². The molecular weight excluding hydrogens is 244 g/mol. The normalized spacial score (nSPS) is 10.7. The number of rotatable bonds is 4. The molecule has 100 valence electrons. The van der Waals surface area contributed by atoms with Gasteiger partial charge in [-0.25, -0.2) is 9.48 Å².